The van der Waals surface area contributed by atoms with E-state index in [-0.39, 0.29) is 23.0 Å². The zero-order chi connectivity index (χ0) is 15.3. The van der Waals surface area contributed by atoms with Gasteiger partial charge >= 0.3 is 12.0 Å². The molecular weight excluding hydrogens is 260 g/mol. The zero-order valence-electron chi connectivity index (χ0n) is 11.9. The fourth-order valence-corrected chi connectivity index (χ4v) is 1.81. The number of hydrogen-bond acceptors (Lipinski definition) is 3. The summed E-state index contributed by atoms with van der Waals surface area (Å²) in [6, 6.07) is 3.46. The first-order chi connectivity index (χ1) is 9.35. The van der Waals surface area contributed by atoms with E-state index < -0.39 is 5.97 Å². The monoisotopic (exact) mass is 280 g/mol. The van der Waals surface area contributed by atoms with E-state index in [2.05, 4.69) is 5.32 Å². The van der Waals surface area contributed by atoms with E-state index in [1.54, 1.807) is 4.90 Å². The number of phenolic OH excluding ortho intramolecular Hbond substituents is 1. The number of carbonyl (C=O) groups is 2. The van der Waals surface area contributed by atoms with Crippen LogP contribution in [-0.4, -0.2) is 40.2 Å². The Labute approximate surface area is 118 Å². The third-order valence-corrected chi connectivity index (χ3v) is 2.73. The lowest BCUT2D eigenvalue weighted by molar-refractivity contribution is 0.0697. The topological polar surface area (TPSA) is 89.9 Å². The molecule has 0 saturated heterocycles. The first-order valence-electron chi connectivity index (χ1n) is 6.47. The predicted molar refractivity (Wildman–Crippen MR) is 76.2 cm³/mol. The largest absolute Gasteiger partial charge is 0.508 e. The molecule has 0 aliphatic heterocycles. The van der Waals surface area contributed by atoms with Crippen molar-refractivity contribution >= 4 is 17.7 Å². The van der Waals surface area contributed by atoms with E-state index in [1.807, 2.05) is 20.8 Å². The molecule has 0 radical (unpaired) electrons. The van der Waals surface area contributed by atoms with Gasteiger partial charge in [0.1, 0.15) is 5.75 Å². The second-order valence-corrected chi connectivity index (χ2v) is 4.90. The number of rotatable bonds is 5. The summed E-state index contributed by atoms with van der Waals surface area (Å²) in [7, 11) is 0. The Kier molecular flexibility index (Phi) is 5.37. The Balaban J connectivity index is 2.92. The van der Waals surface area contributed by atoms with Crippen molar-refractivity contribution in [3.63, 3.8) is 0 Å². The van der Waals surface area contributed by atoms with Crippen molar-refractivity contribution < 1.29 is 19.8 Å². The SMILES string of the molecule is CCN(CC(C)C)C(=O)Nc1ccc(O)cc1C(=O)O. The lowest BCUT2D eigenvalue weighted by Gasteiger charge is -2.23. The molecule has 3 N–H and O–H groups in total. The Morgan fingerprint density at radius 1 is 1.35 bits per heavy atom. The molecule has 0 spiro atoms. The number of amides is 2. The molecule has 0 aliphatic carbocycles. The van der Waals surface area contributed by atoms with E-state index in [0.717, 1.165) is 6.07 Å². The van der Waals surface area contributed by atoms with Crippen LogP contribution in [0.15, 0.2) is 18.2 Å². The Bertz CT molecular complexity index is 500. The van der Waals surface area contributed by atoms with Crippen LogP contribution in [0.3, 0.4) is 0 Å². The maximum Gasteiger partial charge on any atom is 0.337 e. The molecule has 0 saturated carbocycles. The van der Waals surface area contributed by atoms with Crippen molar-refractivity contribution in [2.45, 2.75) is 20.8 Å². The summed E-state index contributed by atoms with van der Waals surface area (Å²) in [4.78, 5) is 24.8. The number of carboxylic acids is 1. The molecule has 6 nitrogen and oxygen atoms in total. The number of carboxylic acid groups (broad SMARTS) is 1. The third kappa shape index (κ3) is 4.15. The zero-order valence-corrected chi connectivity index (χ0v) is 11.9. The van der Waals surface area contributed by atoms with Crippen molar-refractivity contribution in [2.75, 3.05) is 18.4 Å². The summed E-state index contributed by atoms with van der Waals surface area (Å²) in [5, 5.41) is 20.9. The first kappa shape index (κ1) is 15.8. The molecular formula is C14H20N2O4. The molecule has 0 unspecified atom stereocenters. The molecule has 1 aromatic carbocycles. The van der Waals surface area contributed by atoms with Crippen LogP contribution in [0.4, 0.5) is 10.5 Å². The molecule has 2 amide bonds. The number of hydrogen-bond donors (Lipinski definition) is 3. The van der Waals surface area contributed by atoms with Gasteiger partial charge in [0.05, 0.1) is 11.3 Å². The Morgan fingerprint density at radius 2 is 2.00 bits per heavy atom. The van der Waals surface area contributed by atoms with Crippen LogP contribution in [0.25, 0.3) is 0 Å². The van der Waals surface area contributed by atoms with Crippen LogP contribution >= 0.6 is 0 Å². The van der Waals surface area contributed by atoms with Gasteiger partial charge in [-0.3, -0.25) is 0 Å². The molecule has 0 fully saturated rings. The number of phenols is 1. The first-order valence-corrected chi connectivity index (χ1v) is 6.47. The van der Waals surface area contributed by atoms with Crippen LogP contribution in [0.2, 0.25) is 0 Å². The van der Waals surface area contributed by atoms with Gasteiger partial charge in [0.25, 0.3) is 0 Å². The molecule has 20 heavy (non-hydrogen) atoms. The summed E-state index contributed by atoms with van der Waals surface area (Å²) >= 11 is 0. The molecule has 1 aromatic rings. The lowest BCUT2D eigenvalue weighted by atomic mass is 10.1. The molecule has 0 aromatic heterocycles. The smallest absolute Gasteiger partial charge is 0.337 e. The number of aromatic hydroxyl groups is 1. The van der Waals surface area contributed by atoms with Gasteiger partial charge in [0.15, 0.2) is 0 Å². The maximum absolute atomic E-state index is 12.1. The minimum absolute atomic E-state index is 0.140. The van der Waals surface area contributed by atoms with E-state index in [0.29, 0.717) is 19.0 Å². The molecule has 110 valence electrons. The highest BCUT2D eigenvalue weighted by Crippen LogP contribution is 2.21. The molecule has 0 heterocycles. The van der Waals surface area contributed by atoms with Crippen LogP contribution in [-0.2, 0) is 0 Å². The van der Waals surface area contributed by atoms with Crippen LogP contribution in [0.1, 0.15) is 31.1 Å². The summed E-state index contributed by atoms with van der Waals surface area (Å²) in [5.74, 6) is -1.04. The molecule has 6 heteroatoms. The van der Waals surface area contributed by atoms with Gasteiger partial charge in [-0.15, -0.1) is 0 Å². The molecule has 1 rings (SSSR count). The second-order valence-electron chi connectivity index (χ2n) is 4.90. The highest BCUT2D eigenvalue weighted by Gasteiger charge is 2.17. The minimum Gasteiger partial charge on any atom is -0.508 e. The summed E-state index contributed by atoms with van der Waals surface area (Å²) < 4.78 is 0. The van der Waals surface area contributed by atoms with E-state index in [4.69, 9.17) is 5.11 Å². The number of urea groups is 1. The van der Waals surface area contributed by atoms with Gasteiger partial charge in [-0.05, 0) is 31.0 Å². The van der Waals surface area contributed by atoms with Gasteiger partial charge < -0.3 is 20.4 Å². The van der Waals surface area contributed by atoms with Gasteiger partial charge in [-0.25, -0.2) is 9.59 Å². The molecule has 0 aliphatic rings. The van der Waals surface area contributed by atoms with Crippen molar-refractivity contribution in [2.24, 2.45) is 5.92 Å². The van der Waals surface area contributed by atoms with Crippen molar-refractivity contribution in [1.82, 2.24) is 4.90 Å². The molecule has 0 atom stereocenters. The Hall–Kier alpha value is -2.24. The van der Waals surface area contributed by atoms with Crippen molar-refractivity contribution in [3.05, 3.63) is 23.8 Å². The summed E-state index contributed by atoms with van der Waals surface area (Å²) in [5.41, 5.74) is 0.0291. The number of carbonyl (C=O) groups excluding carboxylic acids is 1. The highest BCUT2D eigenvalue weighted by atomic mass is 16.4. The predicted octanol–water partition coefficient (Wildman–Crippen LogP) is 2.60. The van der Waals surface area contributed by atoms with Gasteiger partial charge in [-0.1, -0.05) is 13.8 Å². The number of nitrogens with zero attached hydrogens (tertiary/aromatic N) is 1. The highest BCUT2D eigenvalue weighted by molar-refractivity contribution is 6.00. The van der Waals surface area contributed by atoms with Gasteiger partial charge in [0.2, 0.25) is 0 Å². The maximum atomic E-state index is 12.1. The second kappa shape index (κ2) is 6.79. The number of anilines is 1. The summed E-state index contributed by atoms with van der Waals surface area (Å²) in [6.07, 6.45) is 0. The third-order valence-electron chi connectivity index (χ3n) is 2.73. The normalized spacial score (nSPS) is 10.4. The summed E-state index contributed by atoms with van der Waals surface area (Å²) in [6.45, 7) is 6.97. The van der Waals surface area contributed by atoms with Crippen LogP contribution in [0.5, 0.6) is 5.75 Å². The standard InChI is InChI=1S/C14H20N2O4/c1-4-16(8-9(2)3)14(20)15-12-6-5-10(17)7-11(12)13(18)19/h5-7,9,17H,4,8H2,1-3H3,(H,15,20)(H,18,19). The lowest BCUT2D eigenvalue weighted by Crippen LogP contribution is -2.37. The van der Waals surface area contributed by atoms with Crippen molar-refractivity contribution in [1.29, 1.82) is 0 Å². The Morgan fingerprint density at radius 3 is 2.50 bits per heavy atom. The minimum atomic E-state index is -1.21. The van der Waals surface area contributed by atoms with Crippen LogP contribution in [0, 0.1) is 5.92 Å². The average molecular weight is 280 g/mol. The fourth-order valence-electron chi connectivity index (χ4n) is 1.81. The number of nitrogens with one attached hydrogen (secondary N) is 1. The van der Waals surface area contributed by atoms with Crippen molar-refractivity contribution in [3.8, 4) is 5.75 Å². The van der Waals surface area contributed by atoms with Gasteiger partial charge in [0, 0.05) is 13.1 Å². The number of benzene rings is 1. The van der Waals surface area contributed by atoms with E-state index in [1.165, 1.54) is 12.1 Å². The number of aromatic carboxylic acids is 1. The molecule has 0 bridgehead atoms. The van der Waals surface area contributed by atoms with Gasteiger partial charge in [-0.2, -0.15) is 0 Å². The van der Waals surface area contributed by atoms with E-state index in [9.17, 15) is 14.7 Å². The fraction of sp³-hybridized carbons (Fsp3) is 0.429. The quantitative estimate of drug-likeness (QED) is 0.723. The van der Waals surface area contributed by atoms with E-state index >= 15 is 0 Å². The average Bonchev–Trinajstić information content (AvgIpc) is 2.37. The van der Waals surface area contributed by atoms with Crippen LogP contribution < -0.4 is 5.32 Å².